The Morgan fingerprint density at radius 2 is 1.61 bits per heavy atom. The van der Waals surface area contributed by atoms with Gasteiger partial charge in [0.1, 0.15) is 16.5 Å². The summed E-state index contributed by atoms with van der Waals surface area (Å²) in [5, 5.41) is 0.965. The molecule has 1 aliphatic heterocycles. The number of allylic oxidation sites excluding steroid dienone is 2. The Morgan fingerprint density at radius 3 is 2.32 bits per heavy atom. The largest absolute Gasteiger partial charge is 0.462 e. The Balaban J connectivity index is 1.27. The summed E-state index contributed by atoms with van der Waals surface area (Å²) in [5.41, 5.74) is 7.98. The number of fused-ring (bicyclic) bond motifs is 3. The van der Waals surface area contributed by atoms with Gasteiger partial charge in [-0.15, -0.1) is 11.3 Å². The van der Waals surface area contributed by atoms with Gasteiger partial charge in [0.05, 0.1) is 46.1 Å². The summed E-state index contributed by atoms with van der Waals surface area (Å²) < 4.78 is 43.8. The number of anilines is 3. The number of hydrogen-bond acceptors (Lipinski definition) is 8. The molecule has 12 heteroatoms. The molecule has 0 unspecified atom stereocenters. The van der Waals surface area contributed by atoms with Gasteiger partial charge in [-0.25, -0.2) is 14.3 Å². The molecule has 3 heterocycles. The van der Waals surface area contributed by atoms with Crippen molar-refractivity contribution < 1.29 is 27.1 Å². The number of para-hydroxylation sites is 3. The van der Waals surface area contributed by atoms with Gasteiger partial charge in [0, 0.05) is 36.4 Å². The van der Waals surface area contributed by atoms with Crippen LogP contribution in [0, 0.1) is 0 Å². The number of imidazole rings is 1. The van der Waals surface area contributed by atoms with E-state index in [-0.39, 0.29) is 19.6 Å². The van der Waals surface area contributed by atoms with E-state index in [2.05, 4.69) is 63.8 Å². The van der Waals surface area contributed by atoms with E-state index in [9.17, 15) is 17.8 Å². The van der Waals surface area contributed by atoms with Crippen LogP contribution < -0.4 is 14.4 Å². The number of esters is 1. The van der Waals surface area contributed by atoms with E-state index in [1.165, 1.54) is 0 Å². The van der Waals surface area contributed by atoms with E-state index in [4.69, 9.17) is 9.72 Å². The van der Waals surface area contributed by atoms with Crippen LogP contribution in [0.1, 0.15) is 36.5 Å². The van der Waals surface area contributed by atoms with Crippen molar-refractivity contribution in [3.8, 4) is 16.3 Å². The van der Waals surface area contributed by atoms with E-state index in [0.29, 0.717) is 12.1 Å². The quantitative estimate of drug-likeness (QED) is 0.0743. The van der Waals surface area contributed by atoms with Gasteiger partial charge in [-0.3, -0.25) is 9.45 Å². The first-order valence-corrected chi connectivity index (χ1v) is 20.9. The van der Waals surface area contributed by atoms with Gasteiger partial charge in [0.2, 0.25) is 0 Å². The van der Waals surface area contributed by atoms with E-state index >= 15 is 0 Å². The van der Waals surface area contributed by atoms with Crippen LogP contribution in [0.5, 0.6) is 0 Å². The van der Waals surface area contributed by atoms with Gasteiger partial charge in [-0.05, 0) is 86.7 Å². The summed E-state index contributed by atoms with van der Waals surface area (Å²) in [6, 6.07) is 40.3. The zero-order valence-corrected chi connectivity index (χ0v) is 32.6. The number of carbonyl (C=O) groups excluding carboxylic acids is 1. The zero-order valence-electron chi connectivity index (χ0n) is 30.9. The van der Waals surface area contributed by atoms with E-state index in [1.54, 1.807) is 30.4 Å². The molecule has 0 atom stereocenters. The van der Waals surface area contributed by atoms with Gasteiger partial charge in [-0.1, -0.05) is 54.6 Å². The first-order chi connectivity index (χ1) is 27.2. The second-order valence-electron chi connectivity index (χ2n) is 13.2. The highest BCUT2D eigenvalue weighted by Crippen LogP contribution is 2.48. The van der Waals surface area contributed by atoms with Crippen LogP contribution in [0.4, 0.5) is 17.1 Å². The van der Waals surface area contributed by atoms with Gasteiger partial charge in [-0.2, -0.15) is 13.0 Å². The highest BCUT2D eigenvalue weighted by molar-refractivity contribution is 7.85. The highest BCUT2D eigenvalue weighted by atomic mass is 32.2. The van der Waals surface area contributed by atoms with Crippen LogP contribution in [0.2, 0.25) is 0 Å². The Morgan fingerprint density at radius 1 is 0.875 bits per heavy atom. The van der Waals surface area contributed by atoms with Gasteiger partial charge < -0.3 is 9.64 Å². The molecule has 0 spiro atoms. The maximum absolute atomic E-state index is 12.9. The molecule has 1 N–H and O–H groups in total. The number of hydrogen-bond donors (Lipinski definition) is 1. The molecule has 0 radical (unpaired) electrons. The molecular formula is C44H40N5O5S2+. The average molecular weight is 783 g/mol. The second kappa shape index (κ2) is 15.6. The normalized spacial score (nSPS) is 13.7. The molecule has 8 rings (SSSR count). The molecule has 282 valence electrons. The molecule has 7 aromatic rings. The van der Waals surface area contributed by atoms with Crippen molar-refractivity contribution in [3.63, 3.8) is 0 Å². The van der Waals surface area contributed by atoms with Crippen molar-refractivity contribution in [2.24, 2.45) is 0 Å². The van der Waals surface area contributed by atoms with Crippen LogP contribution in [0.25, 0.3) is 43.6 Å². The summed E-state index contributed by atoms with van der Waals surface area (Å²) in [6.07, 6.45) is 6.26. The number of aryl methyl sites for hydroxylation is 1. The molecule has 0 saturated heterocycles. The fraction of sp³-hybridized carbons (Fsp3) is 0.159. The summed E-state index contributed by atoms with van der Waals surface area (Å²) >= 11 is 1.68. The number of thiazole rings is 1. The summed E-state index contributed by atoms with van der Waals surface area (Å²) in [4.78, 5) is 22.4. The third-order valence-corrected chi connectivity index (χ3v) is 11.6. The molecule has 5 aromatic carbocycles. The van der Waals surface area contributed by atoms with Crippen LogP contribution >= 0.6 is 11.3 Å². The van der Waals surface area contributed by atoms with E-state index in [1.807, 2.05) is 89.5 Å². The molecule has 2 aromatic heterocycles. The number of benzene rings is 5. The number of carbonyl (C=O) groups is 1. The van der Waals surface area contributed by atoms with Crippen molar-refractivity contribution >= 4 is 71.8 Å². The SMILES string of the molecule is CCOC(=O)c1ccc2c(c1)[n+](CCCS(=O)(=O)O)c(/C=C/C=C1/N(CC)c3cc(-c4nc5ccccc5s4)ccc3N1c1ccccc1)n2-c1ccccc1. The van der Waals surface area contributed by atoms with Crippen molar-refractivity contribution in [3.05, 3.63) is 151 Å². The summed E-state index contributed by atoms with van der Waals surface area (Å²) in [5.74, 6) is 0.858. The molecule has 0 bridgehead atoms. The van der Waals surface area contributed by atoms with Crippen molar-refractivity contribution in [1.82, 2.24) is 9.55 Å². The van der Waals surface area contributed by atoms with Crippen LogP contribution in [-0.4, -0.2) is 47.4 Å². The van der Waals surface area contributed by atoms with Crippen molar-refractivity contribution in [2.75, 3.05) is 28.7 Å². The molecule has 0 amide bonds. The molecule has 0 aliphatic carbocycles. The number of rotatable bonds is 12. The Kier molecular flexibility index (Phi) is 10.3. The average Bonchev–Trinajstić information content (AvgIpc) is 3.87. The minimum absolute atomic E-state index is 0.153. The molecule has 0 saturated carbocycles. The Hall–Kier alpha value is -6.08. The standard InChI is InChI=1S/C44H39N5O5S2/c1-3-46-38-29-31(43-45-35-19-11-12-20-40(35)55-43)23-25-36(38)48(33-15-7-5-8-16-33)41(46)21-13-22-42-47(27-14-28-56(51,52)53)39-30-32(44(50)54-4-2)24-26-37(39)49(42)34-17-9-6-10-18-34/h5-13,15-26,29-30H,3-4,14,27-28H2,1-2H3/p+1. The van der Waals surface area contributed by atoms with Gasteiger partial charge in [0.15, 0.2) is 11.0 Å². The third-order valence-electron chi connectivity index (χ3n) is 9.70. The van der Waals surface area contributed by atoms with Crippen molar-refractivity contribution in [2.45, 2.75) is 26.8 Å². The number of ether oxygens (including phenoxy) is 1. The zero-order chi connectivity index (χ0) is 38.8. The number of nitrogens with zero attached hydrogens (tertiary/aromatic N) is 5. The van der Waals surface area contributed by atoms with E-state index in [0.717, 1.165) is 66.2 Å². The topological polar surface area (TPSA) is 109 Å². The molecule has 1 aliphatic rings. The maximum Gasteiger partial charge on any atom is 0.338 e. The number of aromatic nitrogens is 3. The maximum atomic E-state index is 12.9. The van der Waals surface area contributed by atoms with Crippen LogP contribution in [0.3, 0.4) is 0 Å². The minimum atomic E-state index is -4.19. The lowest BCUT2D eigenvalue weighted by Crippen LogP contribution is -2.37. The third kappa shape index (κ3) is 7.22. The Labute approximate surface area is 329 Å². The van der Waals surface area contributed by atoms with Gasteiger partial charge >= 0.3 is 5.97 Å². The lowest BCUT2D eigenvalue weighted by Gasteiger charge is -2.24. The fourth-order valence-corrected chi connectivity index (χ4v) is 8.74. The highest BCUT2D eigenvalue weighted by Gasteiger charge is 2.32. The second-order valence-corrected chi connectivity index (χ2v) is 15.8. The molecule has 10 nitrogen and oxygen atoms in total. The Bertz CT molecular complexity index is 2710. The minimum Gasteiger partial charge on any atom is -0.462 e. The lowest BCUT2D eigenvalue weighted by atomic mass is 10.1. The fourth-order valence-electron chi connectivity index (χ4n) is 7.28. The first kappa shape index (κ1) is 36.9. The monoisotopic (exact) mass is 782 g/mol. The molecule has 0 fully saturated rings. The molecule has 56 heavy (non-hydrogen) atoms. The van der Waals surface area contributed by atoms with E-state index < -0.39 is 21.8 Å². The van der Waals surface area contributed by atoms with Crippen molar-refractivity contribution in [1.29, 1.82) is 0 Å². The smallest absolute Gasteiger partial charge is 0.338 e. The first-order valence-electron chi connectivity index (χ1n) is 18.5. The summed E-state index contributed by atoms with van der Waals surface area (Å²) in [6.45, 7) is 5.10. The summed E-state index contributed by atoms with van der Waals surface area (Å²) in [7, 11) is -4.19. The van der Waals surface area contributed by atoms with Crippen LogP contribution in [0.15, 0.2) is 139 Å². The predicted octanol–water partition coefficient (Wildman–Crippen LogP) is 9.18. The van der Waals surface area contributed by atoms with Crippen LogP contribution in [-0.2, 0) is 21.4 Å². The van der Waals surface area contributed by atoms with Gasteiger partial charge in [0.25, 0.3) is 15.9 Å². The lowest BCUT2D eigenvalue weighted by molar-refractivity contribution is -0.673. The predicted molar refractivity (Wildman–Crippen MR) is 224 cm³/mol. The molecular weight excluding hydrogens is 743 g/mol.